The highest BCUT2D eigenvalue weighted by molar-refractivity contribution is 5.71. The number of rotatable bonds is 62. The first kappa shape index (κ1) is 77.8. The minimum Gasteiger partial charge on any atom is -0.462 e. The lowest BCUT2D eigenvalue weighted by Crippen LogP contribution is -2.30. The third-order valence-corrected chi connectivity index (χ3v) is 14.7. The average molecular weight is 1140 g/mol. The van der Waals surface area contributed by atoms with Gasteiger partial charge in [0, 0.05) is 19.3 Å². The van der Waals surface area contributed by atoms with Crippen LogP contribution in [0.2, 0.25) is 0 Å². The number of hydrogen-bond donors (Lipinski definition) is 0. The summed E-state index contributed by atoms with van der Waals surface area (Å²) in [5.41, 5.74) is 0. The van der Waals surface area contributed by atoms with Crippen LogP contribution in [-0.2, 0) is 28.6 Å². The highest BCUT2D eigenvalue weighted by Crippen LogP contribution is 2.16. The highest BCUT2D eigenvalue weighted by atomic mass is 16.6. The topological polar surface area (TPSA) is 78.9 Å². The maximum Gasteiger partial charge on any atom is 0.306 e. The molecule has 6 nitrogen and oxygen atoms in total. The van der Waals surface area contributed by atoms with E-state index in [0.717, 1.165) is 122 Å². The maximum atomic E-state index is 12.9. The number of esters is 3. The van der Waals surface area contributed by atoms with E-state index in [1.165, 1.54) is 161 Å². The first-order valence-corrected chi connectivity index (χ1v) is 34.5. The quantitative estimate of drug-likeness (QED) is 0.0261. The van der Waals surface area contributed by atoms with Crippen LogP contribution in [0.5, 0.6) is 0 Å². The Labute approximate surface area is 507 Å². The summed E-state index contributed by atoms with van der Waals surface area (Å²) in [5.74, 6) is -0.903. The zero-order valence-electron chi connectivity index (χ0n) is 53.7. The van der Waals surface area contributed by atoms with Gasteiger partial charge in [-0.3, -0.25) is 14.4 Å². The molecule has 1 unspecified atom stereocenters. The Kier molecular flexibility index (Phi) is 65.8. The summed E-state index contributed by atoms with van der Waals surface area (Å²) in [6, 6.07) is 0. The molecule has 0 rings (SSSR count). The minimum absolute atomic E-state index is 0.0883. The van der Waals surface area contributed by atoms with Gasteiger partial charge in [0.15, 0.2) is 6.10 Å². The standard InChI is InChI=1S/C76H128O6/c1-4-7-10-13-16-19-22-25-28-30-32-34-35-36-37-38-39-40-41-43-44-46-48-51-54-57-60-63-66-69-75(78)81-72-73(71-80-74(77)68-65-62-59-56-53-50-27-24-21-18-15-12-9-6-3)82-76(79)70-67-64-61-58-55-52-49-47-45-42-33-31-29-26-23-20-17-14-11-8-5-2/h7,10,16,19,23-28,31-34,36-37,39-40,43-44,73H,4-6,8-9,11-15,17-18,20-22,29-30,35,38,41-42,45-72H2,1-3H3/b10-7-,19-16-,26-23-,27-24-,28-25-,33-31-,34-32-,37-36-,40-39-,44-43-. The van der Waals surface area contributed by atoms with Gasteiger partial charge in [0.05, 0.1) is 0 Å². The molecule has 468 valence electrons. The third kappa shape index (κ3) is 66.6. The number of carbonyl (C=O) groups is 3. The van der Waals surface area contributed by atoms with E-state index in [2.05, 4.69) is 142 Å². The van der Waals surface area contributed by atoms with Crippen LogP contribution < -0.4 is 0 Å². The molecule has 0 aliphatic heterocycles. The van der Waals surface area contributed by atoms with Crippen molar-refractivity contribution in [2.45, 2.75) is 329 Å². The minimum atomic E-state index is -0.793. The second-order valence-corrected chi connectivity index (χ2v) is 22.7. The van der Waals surface area contributed by atoms with Crippen LogP contribution in [0.15, 0.2) is 122 Å². The molecule has 0 aromatic heterocycles. The molecular weight excluding hydrogens is 1010 g/mol. The summed E-state index contributed by atoms with van der Waals surface area (Å²) in [4.78, 5) is 38.4. The zero-order valence-corrected chi connectivity index (χ0v) is 53.7. The van der Waals surface area contributed by atoms with E-state index >= 15 is 0 Å². The van der Waals surface area contributed by atoms with Crippen LogP contribution in [-0.4, -0.2) is 37.2 Å². The van der Waals surface area contributed by atoms with Crippen molar-refractivity contribution in [3.8, 4) is 0 Å². The molecule has 1 atom stereocenters. The molecule has 0 spiro atoms. The van der Waals surface area contributed by atoms with Gasteiger partial charge >= 0.3 is 17.9 Å². The Hall–Kier alpha value is -4.19. The van der Waals surface area contributed by atoms with Crippen LogP contribution in [0, 0.1) is 0 Å². The lowest BCUT2D eigenvalue weighted by molar-refractivity contribution is -0.167. The summed E-state index contributed by atoms with van der Waals surface area (Å²) < 4.78 is 17.0. The fourth-order valence-electron chi connectivity index (χ4n) is 9.51. The van der Waals surface area contributed by atoms with E-state index in [4.69, 9.17) is 14.2 Å². The van der Waals surface area contributed by atoms with E-state index in [9.17, 15) is 14.4 Å². The van der Waals surface area contributed by atoms with Gasteiger partial charge in [-0.2, -0.15) is 0 Å². The van der Waals surface area contributed by atoms with Crippen LogP contribution in [0.4, 0.5) is 0 Å². The Morgan fingerprint density at radius 1 is 0.256 bits per heavy atom. The number of unbranched alkanes of at least 4 members (excludes halogenated alkanes) is 31. The molecule has 0 N–H and O–H groups in total. The molecule has 0 bridgehead atoms. The van der Waals surface area contributed by atoms with Crippen LogP contribution >= 0.6 is 0 Å². The Morgan fingerprint density at radius 2 is 0.476 bits per heavy atom. The highest BCUT2D eigenvalue weighted by Gasteiger charge is 2.19. The fourth-order valence-corrected chi connectivity index (χ4v) is 9.51. The number of allylic oxidation sites excluding steroid dienone is 20. The summed E-state index contributed by atoms with van der Waals surface area (Å²) in [7, 11) is 0. The lowest BCUT2D eigenvalue weighted by Gasteiger charge is -2.18. The van der Waals surface area contributed by atoms with Gasteiger partial charge in [0.2, 0.25) is 0 Å². The van der Waals surface area contributed by atoms with Crippen molar-refractivity contribution >= 4 is 17.9 Å². The molecule has 82 heavy (non-hydrogen) atoms. The normalized spacial score (nSPS) is 12.9. The molecule has 0 aromatic rings. The molecule has 0 aromatic carbocycles. The molecule has 6 heteroatoms. The van der Waals surface area contributed by atoms with E-state index in [-0.39, 0.29) is 31.1 Å². The Bertz CT molecular complexity index is 1690. The molecule has 0 aliphatic carbocycles. The average Bonchev–Trinajstić information content (AvgIpc) is 3.47. The second kappa shape index (κ2) is 69.3. The van der Waals surface area contributed by atoms with Crippen LogP contribution in [0.3, 0.4) is 0 Å². The fraction of sp³-hybridized carbons (Fsp3) is 0.697. The van der Waals surface area contributed by atoms with Crippen molar-refractivity contribution in [2.75, 3.05) is 13.2 Å². The predicted octanol–water partition coefficient (Wildman–Crippen LogP) is 23.9. The van der Waals surface area contributed by atoms with Crippen molar-refractivity contribution in [1.82, 2.24) is 0 Å². The summed E-state index contributed by atoms with van der Waals surface area (Å²) in [6.07, 6.45) is 96.4. The second-order valence-electron chi connectivity index (χ2n) is 22.7. The van der Waals surface area contributed by atoms with E-state index < -0.39 is 6.10 Å². The molecule has 0 fully saturated rings. The summed E-state index contributed by atoms with van der Waals surface area (Å²) in [5, 5.41) is 0. The van der Waals surface area contributed by atoms with Gasteiger partial charge in [-0.25, -0.2) is 0 Å². The van der Waals surface area contributed by atoms with Crippen LogP contribution in [0.1, 0.15) is 323 Å². The predicted molar refractivity (Wildman–Crippen MR) is 357 cm³/mol. The van der Waals surface area contributed by atoms with Gasteiger partial charge in [-0.1, -0.05) is 290 Å². The monoisotopic (exact) mass is 1140 g/mol. The summed E-state index contributed by atoms with van der Waals surface area (Å²) in [6.45, 7) is 6.51. The number of ether oxygens (including phenoxy) is 3. The van der Waals surface area contributed by atoms with Gasteiger partial charge in [0.1, 0.15) is 13.2 Å². The largest absolute Gasteiger partial charge is 0.462 e. The summed E-state index contributed by atoms with van der Waals surface area (Å²) >= 11 is 0. The zero-order chi connectivity index (χ0) is 59.2. The van der Waals surface area contributed by atoms with Gasteiger partial charge in [0.25, 0.3) is 0 Å². The van der Waals surface area contributed by atoms with E-state index in [1.54, 1.807) is 0 Å². The van der Waals surface area contributed by atoms with Crippen molar-refractivity contribution in [3.05, 3.63) is 122 Å². The third-order valence-electron chi connectivity index (χ3n) is 14.7. The molecule has 0 saturated heterocycles. The lowest BCUT2D eigenvalue weighted by atomic mass is 10.1. The number of carbonyl (C=O) groups excluding carboxylic acids is 3. The SMILES string of the molecule is CC/C=C\C/C=C\C/C=C\C/C=C\C/C=C\C/C=C\C/C=C\CCCCCCCCCC(=O)OCC(COC(=O)CCCCCCC/C=C\CCCCCCC)OC(=O)CCCCCCCCCCC/C=C\C/C=C\CCCCCCC. The van der Waals surface area contributed by atoms with Crippen LogP contribution in [0.25, 0.3) is 0 Å². The molecule has 0 saturated carbocycles. The van der Waals surface area contributed by atoms with Gasteiger partial charge < -0.3 is 14.2 Å². The van der Waals surface area contributed by atoms with E-state index in [0.29, 0.717) is 19.3 Å². The molecule has 0 aliphatic rings. The van der Waals surface area contributed by atoms with E-state index in [1.807, 2.05) is 0 Å². The first-order chi connectivity index (χ1) is 40.5. The van der Waals surface area contributed by atoms with Gasteiger partial charge in [-0.15, -0.1) is 0 Å². The Morgan fingerprint density at radius 3 is 0.756 bits per heavy atom. The van der Waals surface area contributed by atoms with Crippen molar-refractivity contribution in [3.63, 3.8) is 0 Å². The van der Waals surface area contributed by atoms with Crippen molar-refractivity contribution in [2.24, 2.45) is 0 Å². The first-order valence-electron chi connectivity index (χ1n) is 34.5. The molecular formula is C76H128O6. The molecule has 0 radical (unpaired) electrons. The molecule has 0 amide bonds. The molecule has 0 heterocycles. The maximum absolute atomic E-state index is 12.9. The van der Waals surface area contributed by atoms with Crippen molar-refractivity contribution in [1.29, 1.82) is 0 Å². The van der Waals surface area contributed by atoms with Gasteiger partial charge in [-0.05, 0) is 135 Å². The smallest absolute Gasteiger partial charge is 0.306 e. The number of hydrogen-bond acceptors (Lipinski definition) is 6. The Balaban J connectivity index is 4.37. The van der Waals surface area contributed by atoms with Crippen molar-refractivity contribution < 1.29 is 28.6 Å².